The number of likely N-dealkylation sites (N-methyl/N-ethyl adjacent to an activating group) is 1. The molecule has 0 aromatic heterocycles. The molecule has 2 atom stereocenters. The van der Waals surface area contributed by atoms with Crippen molar-refractivity contribution in [2.24, 2.45) is 0 Å². The van der Waals surface area contributed by atoms with Gasteiger partial charge in [-0.05, 0) is 20.5 Å². The molecule has 0 aromatic carbocycles. The van der Waals surface area contributed by atoms with Gasteiger partial charge in [-0.15, -0.1) is 0 Å². The molecule has 0 rings (SSSR count). The van der Waals surface area contributed by atoms with E-state index in [0.717, 1.165) is 19.3 Å². The maximum Gasteiger partial charge on any atom is 0.472 e. The topological polar surface area (TPSA) is 106 Å². The van der Waals surface area contributed by atoms with Crippen LogP contribution in [-0.4, -0.2) is 67.4 Å². The molecule has 0 saturated carbocycles. The highest BCUT2D eigenvalue weighted by molar-refractivity contribution is 7.47. The van der Waals surface area contributed by atoms with E-state index >= 15 is 0 Å². The molecule has 0 heterocycles. The van der Waals surface area contributed by atoms with Gasteiger partial charge in [0.15, 0.2) is 0 Å². The lowest BCUT2D eigenvalue weighted by atomic mass is 10.0. The number of phosphoric acid groups is 1. The zero-order valence-corrected chi connectivity index (χ0v) is 21.5. The van der Waals surface area contributed by atoms with Gasteiger partial charge in [-0.1, -0.05) is 84.0 Å². The molecule has 0 aliphatic rings. The van der Waals surface area contributed by atoms with Crippen molar-refractivity contribution in [1.29, 1.82) is 0 Å². The molecule has 0 aliphatic heterocycles. The second kappa shape index (κ2) is 21.1. The first-order valence-corrected chi connectivity index (χ1v) is 13.9. The number of unbranched alkanes of at least 4 members (excludes halogenated alkanes) is 12. The summed E-state index contributed by atoms with van der Waals surface area (Å²) in [6.07, 6.45) is 15.3. The van der Waals surface area contributed by atoms with Crippen molar-refractivity contribution < 1.29 is 33.1 Å². The summed E-state index contributed by atoms with van der Waals surface area (Å²) in [5, 5.41) is 9.76. The van der Waals surface area contributed by atoms with Crippen LogP contribution in [0.3, 0.4) is 0 Å². The van der Waals surface area contributed by atoms with Crippen LogP contribution in [0.2, 0.25) is 0 Å². The molecular formula is C23H48NO7P. The Labute approximate surface area is 195 Å². The number of nitrogens with zero attached hydrogens (tertiary/aromatic N) is 1. The van der Waals surface area contributed by atoms with Crippen LogP contribution in [0.5, 0.6) is 0 Å². The Kier molecular flexibility index (Phi) is 20.7. The normalized spacial score (nSPS) is 14.4. The van der Waals surface area contributed by atoms with Gasteiger partial charge in [0.1, 0.15) is 12.7 Å². The fourth-order valence-corrected chi connectivity index (χ4v) is 3.90. The van der Waals surface area contributed by atoms with Gasteiger partial charge < -0.3 is 19.6 Å². The molecule has 0 radical (unpaired) electrons. The first-order valence-electron chi connectivity index (χ1n) is 12.4. The highest BCUT2D eigenvalue weighted by Gasteiger charge is 2.23. The summed E-state index contributed by atoms with van der Waals surface area (Å²) in [6.45, 7) is 2.03. The molecular weight excluding hydrogens is 433 g/mol. The van der Waals surface area contributed by atoms with E-state index in [1.54, 1.807) is 4.90 Å². The summed E-state index contributed by atoms with van der Waals surface area (Å²) in [7, 11) is -0.605. The van der Waals surface area contributed by atoms with Crippen molar-refractivity contribution in [1.82, 2.24) is 4.90 Å². The summed E-state index contributed by atoms with van der Waals surface area (Å²) >= 11 is 0. The second-order valence-electron chi connectivity index (χ2n) is 8.73. The van der Waals surface area contributed by atoms with Gasteiger partial charge in [0, 0.05) is 13.0 Å². The zero-order valence-electron chi connectivity index (χ0n) is 20.6. The smallest absolute Gasteiger partial charge is 0.463 e. The minimum absolute atomic E-state index is 0.0327. The molecule has 192 valence electrons. The average Bonchev–Trinajstić information content (AvgIpc) is 2.73. The molecule has 0 aliphatic carbocycles. The molecule has 0 spiro atoms. The van der Waals surface area contributed by atoms with Gasteiger partial charge in [-0.3, -0.25) is 13.8 Å². The lowest BCUT2D eigenvalue weighted by Gasteiger charge is -2.16. The summed E-state index contributed by atoms with van der Waals surface area (Å²) in [6, 6.07) is 0. The van der Waals surface area contributed by atoms with E-state index in [0.29, 0.717) is 13.0 Å². The van der Waals surface area contributed by atoms with Crippen LogP contribution in [0.25, 0.3) is 0 Å². The summed E-state index contributed by atoms with van der Waals surface area (Å²) in [5.74, 6) is -0.374. The van der Waals surface area contributed by atoms with E-state index in [-0.39, 0.29) is 19.2 Å². The Bertz CT molecular complexity index is 491. The van der Waals surface area contributed by atoms with Crippen LogP contribution in [0.15, 0.2) is 0 Å². The molecule has 1 unspecified atom stereocenters. The predicted octanol–water partition coefficient (Wildman–Crippen LogP) is 5.07. The van der Waals surface area contributed by atoms with Crippen molar-refractivity contribution >= 4 is 13.8 Å². The quantitative estimate of drug-likeness (QED) is 0.118. The molecule has 0 saturated heterocycles. The number of ether oxygens (including phenoxy) is 1. The first kappa shape index (κ1) is 31.5. The SMILES string of the molecule is CCCCCCCCCCCCCCCC(=O)OC[C@H](O)COP(=O)(O)OCCN(C)C. The van der Waals surface area contributed by atoms with Crippen molar-refractivity contribution in [3.63, 3.8) is 0 Å². The molecule has 0 amide bonds. The van der Waals surface area contributed by atoms with Crippen LogP contribution in [0, 0.1) is 0 Å². The molecule has 0 aromatic rings. The van der Waals surface area contributed by atoms with E-state index in [2.05, 4.69) is 6.92 Å². The average molecular weight is 482 g/mol. The molecule has 0 bridgehead atoms. The Morgan fingerprint density at radius 3 is 1.84 bits per heavy atom. The van der Waals surface area contributed by atoms with E-state index < -0.39 is 20.5 Å². The third-order valence-corrected chi connectivity index (χ3v) is 6.13. The molecule has 0 fully saturated rings. The molecule has 8 nitrogen and oxygen atoms in total. The standard InChI is InChI=1S/C23H48NO7P/c1-4-5-6-7-8-9-10-11-12-13-14-15-16-17-23(26)29-20-22(25)21-31-32(27,28)30-19-18-24(2)3/h22,25H,4-21H2,1-3H3,(H,27,28)/t22-/m0/s1. The number of esters is 1. The Morgan fingerprint density at radius 1 is 0.844 bits per heavy atom. The number of hydrogen-bond acceptors (Lipinski definition) is 7. The van der Waals surface area contributed by atoms with Gasteiger partial charge in [0.2, 0.25) is 0 Å². The van der Waals surface area contributed by atoms with E-state index in [9.17, 15) is 19.4 Å². The molecule has 2 N–H and O–H groups in total. The van der Waals surface area contributed by atoms with Crippen molar-refractivity contribution in [3.8, 4) is 0 Å². The second-order valence-corrected chi connectivity index (χ2v) is 10.2. The molecule has 32 heavy (non-hydrogen) atoms. The van der Waals surface area contributed by atoms with Crippen molar-refractivity contribution in [3.05, 3.63) is 0 Å². The summed E-state index contributed by atoms with van der Waals surface area (Å²) in [4.78, 5) is 23.1. The van der Waals surface area contributed by atoms with Gasteiger partial charge in [0.05, 0.1) is 13.2 Å². The fourth-order valence-electron chi connectivity index (χ4n) is 3.15. The maximum atomic E-state index is 11.7. The number of carbonyl (C=O) groups excluding carboxylic acids is 1. The summed E-state index contributed by atoms with van der Waals surface area (Å²) < 4.78 is 26.2. The summed E-state index contributed by atoms with van der Waals surface area (Å²) in [5.41, 5.74) is 0. The van der Waals surface area contributed by atoms with Crippen molar-refractivity contribution in [2.75, 3.05) is 40.5 Å². The maximum absolute atomic E-state index is 11.7. The Balaban J connectivity index is 3.52. The number of phosphoric ester groups is 1. The number of aliphatic hydroxyl groups excluding tert-OH is 1. The number of aliphatic hydroxyl groups is 1. The van der Waals surface area contributed by atoms with Gasteiger partial charge in [0.25, 0.3) is 0 Å². The van der Waals surface area contributed by atoms with Gasteiger partial charge in [-0.2, -0.15) is 0 Å². The fraction of sp³-hybridized carbons (Fsp3) is 0.957. The number of hydrogen-bond donors (Lipinski definition) is 2. The van der Waals surface area contributed by atoms with Gasteiger partial charge in [-0.25, -0.2) is 4.57 Å². The lowest BCUT2D eigenvalue weighted by Crippen LogP contribution is -2.24. The monoisotopic (exact) mass is 481 g/mol. The number of carbonyl (C=O) groups is 1. The molecule has 9 heteroatoms. The van der Waals surface area contributed by atoms with Crippen LogP contribution in [0.4, 0.5) is 0 Å². The van der Waals surface area contributed by atoms with E-state index in [4.69, 9.17) is 13.8 Å². The minimum Gasteiger partial charge on any atom is -0.463 e. The van der Waals surface area contributed by atoms with Crippen LogP contribution in [-0.2, 0) is 23.1 Å². The van der Waals surface area contributed by atoms with E-state index in [1.807, 2.05) is 14.1 Å². The largest absolute Gasteiger partial charge is 0.472 e. The third kappa shape index (κ3) is 22.7. The third-order valence-electron chi connectivity index (χ3n) is 5.14. The zero-order chi connectivity index (χ0) is 24.1. The van der Waals surface area contributed by atoms with E-state index in [1.165, 1.54) is 64.2 Å². The number of rotatable bonds is 23. The highest BCUT2D eigenvalue weighted by atomic mass is 31.2. The Morgan fingerprint density at radius 2 is 1.34 bits per heavy atom. The minimum atomic E-state index is -4.22. The lowest BCUT2D eigenvalue weighted by molar-refractivity contribution is -0.147. The van der Waals surface area contributed by atoms with Crippen LogP contribution < -0.4 is 0 Å². The Hall–Kier alpha value is -0.500. The van der Waals surface area contributed by atoms with Crippen molar-refractivity contribution in [2.45, 2.75) is 103 Å². The van der Waals surface area contributed by atoms with Crippen LogP contribution in [0.1, 0.15) is 96.8 Å². The first-order chi connectivity index (χ1) is 15.3. The van der Waals surface area contributed by atoms with Crippen LogP contribution >= 0.6 is 7.82 Å². The predicted molar refractivity (Wildman–Crippen MR) is 128 cm³/mol. The van der Waals surface area contributed by atoms with Gasteiger partial charge >= 0.3 is 13.8 Å². The highest BCUT2D eigenvalue weighted by Crippen LogP contribution is 2.42.